The summed E-state index contributed by atoms with van der Waals surface area (Å²) in [6.45, 7) is 2.10. The standard InChI is InChI=1S/C22H23N3O2/c26-22(16-27-20-10-6-8-17-7-2-3-9-19(17)20)24-21-12-11-18(15-23-21)25-13-4-1-5-14-25/h2-3,6-12,15H,1,4-5,13-14,16H2,(H,23,24,26). The Kier molecular flexibility index (Phi) is 5.19. The summed E-state index contributed by atoms with van der Waals surface area (Å²) in [5, 5.41) is 4.88. The number of fused-ring (bicyclic) bond motifs is 1. The molecule has 0 atom stereocenters. The van der Waals surface area contributed by atoms with Crippen molar-refractivity contribution in [2.45, 2.75) is 19.3 Å². The van der Waals surface area contributed by atoms with Gasteiger partial charge in [-0.3, -0.25) is 4.79 Å². The Morgan fingerprint density at radius 3 is 2.63 bits per heavy atom. The number of nitrogens with zero attached hydrogens (tertiary/aromatic N) is 2. The van der Waals surface area contributed by atoms with Gasteiger partial charge in [-0.25, -0.2) is 4.98 Å². The van der Waals surface area contributed by atoms with Crippen molar-refractivity contribution in [1.29, 1.82) is 0 Å². The lowest BCUT2D eigenvalue weighted by molar-refractivity contribution is -0.118. The van der Waals surface area contributed by atoms with Gasteiger partial charge >= 0.3 is 0 Å². The lowest BCUT2D eigenvalue weighted by Gasteiger charge is -2.28. The minimum Gasteiger partial charge on any atom is -0.483 e. The van der Waals surface area contributed by atoms with E-state index >= 15 is 0 Å². The van der Waals surface area contributed by atoms with Crippen LogP contribution < -0.4 is 15.0 Å². The average molecular weight is 361 g/mol. The number of pyridine rings is 1. The van der Waals surface area contributed by atoms with Gasteiger partial charge in [-0.15, -0.1) is 0 Å². The van der Waals surface area contributed by atoms with Crippen molar-refractivity contribution < 1.29 is 9.53 Å². The smallest absolute Gasteiger partial charge is 0.263 e. The minimum absolute atomic E-state index is 0.0520. The highest BCUT2D eigenvalue weighted by molar-refractivity contribution is 5.92. The molecule has 138 valence electrons. The van der Waals surface area contributed by atoms with Crippen LogP contribution in [0.3, 0.4) is 0 Å². The topological polar surface area (TPSA) is 54.5 Å². The van der Waals surface area contributed by atoms with Gasteiger partial charge in [0.25, 0.3) is 5.91 Å². The molecule has 0 spiro atoms. The van der Waals surface area contributed by atoms with Gasteiger partial charge in [-0.05, 0) is 42.8 Å². The Labute approximate surface area is 159 Å². The molecule has 1 aliphatic heterocycles. The molecule has 1 aliphatic rings. The summed E-state index contributed by atoms with van der Waals surface area (Å²) in [5.41, 5.74) is 1.11. The molecular formula is C22H23N3O2. The summed E-state index contributed by atoms with van der Waals surface area (Å²) in [4.78, 5) is 18.9. The lowest BCUT2D eigenvalue weighted by atomic mass is 10.1. The summed E-state index contributed by atoms with van der Waals surface area (Å²) in [6.07, 6.45) is 5.58. The fraction of sp³-hybridized carbons (Fsp3) is 0.273. The zero-order valence-corrected chi connectivity index (χ0v) is 15.2. The molecule has 1 saturated heterocycles. The Balaban J connectivity index is 1.35. The van der Waals surface area contributed by atoms with E-state index in [1.807, 2.05) is 60.8 Å². The number of anilines is 2. The Morgan fingerprint density at radius 1 is 1.00 bits per heavy atom. The van der Waals surface area contributed by atoms with E-state index in [1.54, 1.807) is 0 Å². The van der Waals surface area contributed by atoms with Gasteiger partial charge < -0.3 is 15.0 Å². The Morgan fingerprint density at radius 2 is 1.81 bits per heavy atom. The highest BCUT2D eigenvalue weighted by Crippen LogP contribution is 2.25. The maximum absolute atomic E-state index is 12.2. The van der Waals surface area contributed by atoms with Crippen LogP contribution in [-0.2, 0) is 4.79 Å². The molecule has 2 heterocycles. The monoisotopic (exact) mass is 361 g/mol. The quantitative estimate of drug-likeness (QED) is 0.738. The van der Waals surface area contributed by atoms with Crippen LogP contribution in [0, 0.1) is 0 Å². The minimum atomic E-state index is -0.221. The van der Waals surface area contributed by atoms with Crippen LogP contribution in [0.5, 0.6) is 5.75 Å². The third-order valence-corrected chi connectivity index (χ3v) is 4.84. The number of nitrogens with one attached hydrogen (secondary N) is 1. The number of carbonyl (C=O) groups excluding carboxylic acids is 1. The van der Waals surface area contributed by atoms with Crippen molar-refractivity contribution in [3.8, 4) is 5.75 Å². The predicted octanol–water partition coefficient (Wildman–Crippen LogP) is 4.24. The van der Waals surface area contributed by atoms with Crippen molar-refractivity contribution in [1.82, 2.24) is 4.98 Å². The van der Waals surface area contributed by atoms with E-state index in [-0.39, 0.29) is 12.5 Å². The summed E-state index contributed by atoms with van der Waals surface area (Å²) >= 11 is 0. The normalized spacial score (nSPS) is 14.1. The largest absolute Gasteiger partial charge is 0.483 e. The number of hydrogen-bond donors (Lipinski definition) is 1. The van der Waals surface area contributed by atoms with Gasteiger partial charge in [-0.2, -0.15) is 0 Å². The first-order valence-electron chi connectivity index (χ1n) is 9.41. The molecule has 3 aromatic rings. The van der Waals surface area contributed by atoms with Crippen molar-refractivity contribution >= 4 is 28.2 Å². The average Bonchev–Trinajstić information content (AvgIpc) is 2.73. The van der Waals surface area contributed by atoms with Gasteiger partial charge in [0.05, 0.1) is 11.9 Å². The zero-order valence-electron chi connectivity index (χ0n) is 15.2. The molecule has 4 rings (SSSR count). The highest BCUT2D eigenvalue weighted by atomic mass is 16.5. The van der Waals surface area contributed by atoms with Crippen LogP contribution in [-0.4, -0.2) is 30.6 Å². The second kappa shape index (κ2) is 8.08. The molecule has 27 heavy (non-hydrogen) atoms. The molecule has 0 unspecified atom stereocenters. The predicted molar refractivity (Wildman–Crippen MR) is 108 cm³/mol. The fourth-order valence-corrected chi connectivity index (χ4v) is 3.44. The van der Waals surface area contributed by atoms with Crippen molar-refractivity contribution in [3.05, 3.63) is 60.8 Å². The number of benzene rings is 2. The number of ether oxygens (including phenoxy) is 1. The second-order valence-corrected chi connectivity index (χ2v) is 6.76. The van der Waals surface area contributed by atoms with Gasteiger partial charge in [0, 0.05) is 18.5 Å². The Bertz CT molecular complexity index is 913. The summed E-state index contributed by atoms with van der Waals surface area (Å²) in [5.74, 6) is 1.03. The van der Waals surface area contributed by atoms with Gasteiger partial charge in [0.2, 0.25) is 0 Å². The molecule has 1 fully saturated rings. The molecular weight excluding hydrogens is 338 g/mol. The maximum atomic E-state index is 12.2. The molecule has 5 heteroatoms. The van der Waals surface area contributed by atoms with Crippen LogP contribution in [0.4, 0.5) is 11.5 Å². The number of hydrogen-bond acceptors (Lipinski definition) is 4. The van der Waals surface area contributed by atoms with Crippen molar-refractivity contribution in [2.75, 3.05) is 29.9 Å². The van der Waals surface area contributed by atoms with Gasteiger partial charge in [-0.1, -0.05) is 36.4 Å². The Hall–Kier alpha value is -3.08. The van der Waals surface area contributed by atoms with Crippen LogP contribution in [0.15, 0.2) is 60.8 Å². The van der Waals surface area contributed by atoms with E-state index in [2.05, 4.69) is 15.2 Å². The highest BCUT2D eigenvalue weighted by Gasteiger charge is 2.12. The number of aromatic nitrogens is 1. The molecule has 1 aromatic heterocycles. The second-order valence-electron chi connectivity index (χ2n) is 6.76. The molecule has 0 bridgehead atoms. The first kappa shape index (κ1) is 17.3. The molecule has 1 amide bonds. The molecule has 2 aromatic carbocycles. The first-order valence-corrected chi connectivity index (χ1v) is 9.41. The summed E-state index contributed by atoms with van der Waals surface area (Å²) < 4.78 is 5.72. The van der Waals surface area contributed by atoms with Gasteiger partial charge in [0.15, 0.2) is 6.61 Å². The molecule has 1 N–H and O–H groups in total. The van der Waals surface area contributed by atoms with Crippen molar-refractivity contribution in [3.63, 3.8) is 0 Å². The number of amides is 1. The van der Waals surface area contributed by atoms with Gasteiger partial charge in [0.1, 0.15) is 11.6 Å². The SMILES string of the molecule is O=C(COc1cccc2ccccc12)Nc1ccc(N2CCCCC2)cn1. The zero-order chi connectivity index (χ0) is 18.5. The number of rotatable bonds is 5. The van der Waals surface area contributed by atoms with Crippen molar-refractivity contribution in [2.24, 2.45) is 0 Å². The maximum Gasteiger partial charge on any atom is 0.263 e. The van der Waals surface area contributed by atoms with E-state index in [9.17, 15) is 4.79 Å². The fourth-order valence-electron chi connectivity index (χ4n) is 3.44. The third kappa shape index (κ3) is 4.19. The van der Waals surface area contributed by atoms with E-state index in [0.717, 1.165) is 29.5 Å². The van der Waals surface area contributed by atoms with E-state index in [0.29, 0.717) is 11.6 Å². The third-order valence-electron chi connectivity index (χ3n) is 4.84. The van der Waals surface area contributed by atoms with E-state index < -0.39 is 0 Å². The number of carbonyl (C=O) groups is 1. The van der Waals surface area contributed by atoms with E-state index in [1.165, 1.54) is 19.3 Å². The summed E-state index contributed by atoms with van der Waals surface area (Å²) in [6, 6.07) is 17.6. The van der Waals surface area contributed by atoms with E-state index in [4.69, 9.17) is 4.74 Å². The number of piperidine rings is 1. The lowest BCUT2D eigenvalue weighted by Crippen LogP contribution is -2.29. The molecule has 0 radical (unpaired) electrons. The molecule has 0 saturated carbocycles. The first-order chi connectivity index (χ1) is 13.3. The molecule has 5 nitrogen and oxygen atoms in total. The van der Waals surface area contributed by atoms with Crippen LogP contribution in [0.25, 0.3) is 10.8 Å². The van der Waals surface area contributed by atoms with Crippen LogP contribution >= 0.6 is 0 Å². The summed E-state index contributed by atoms with van der Waals surface area (Å²) in [7, 11) is 0. The molecule has 0 aliphatic carbocycles. The van der Waals surface area contributed by atoms with Crippen LogP contribution in [0.1, 0.15) is 19.3 Å². The van der Waals surface area contributed by atoms with Crippen LogP contribution in [0.2, 0.25) is 0 Å².